The van der Waals surface area contributed by atoms with Crippen molar-refractivity contribution in [2.75, 3.05) is 26.0 Å². The maximum absolute atomic E-state index is 13.9. The SMILES string of the molecule is CN(C)[C@@H]1C(=O)C(C(N)=O)C(=O)C2(O)C(=O)C3C(=O)c4c(ccc(NCC(=O)NCc5ccccc5)c4O)CC3CC12. The quantitative estimate of drug-likeness (QED) is 0.214. The van der Waals surface area contributed by atoms with Crippen LogP contribution in [0.25, 0.3) is 0 Å². The number of ketones is 4. The molecule has 2 aromatic carbocycles. The monoisotopic (exact) mass is 576 g/mol. The number of hydrogen-bond acceptors (Lipinski definition) is 10. The topological polar surface area (TPSA) is 196 Å². The number of amides is 2. The molecule has 0 spiro atoms. The van der Waals surface area contributed by atoms with Gasteiger partial charge in [0.15, 0.2) is 34.7 Å². The Kier molecular flexibility index (Phi) is 7.46. The number of nitrogens with one attached hydrogen (secondary N) is 2. The number of primary amides is 1. The Balaban J connectivity index is 1.40. The van der Waals surface area contributed by atoms with Crippen molar-refractivity contribution in [3.8, 4) is 5.75 Å². The Hall–Kier alpha value is -4.42. The number of phenols is 1. The summed E-state index contributed by atoms with van der Waals surface area (Å²) in [5, 5.41) is 28.2. The van der Waals surface area contributed by atoms with Crippen LogP contribution in [0.4, 0.5) is 5.69 Å². The highest BCUT2D eigenvalue weighted by atomic mass is 16.3. The minimum absolute atomic E-state index is 0.0216. The van der Waals surface area contributed by atoms with Crippen molar-refractivity contribution in [3.63, 3.8) is 0 Å². The van der Waals surface area contributed by atoms with Gasteiger partial charge >= 0.3 is 0 Å². The minimum atomic E-state index is -2.78. The predicted molar refractivity (Wildman–Crippen MR) is 148 cm³/mol. The van der Waals surface area contributed by atoms with Crippen LogP contribution in [0.3, 0.4) is 0 Å². The lowest BCUT2D eigenvalue weighted by molar-refractivity contribution is -0.181. The van der Waals surface area contributed by atoms with Gasteiger partial charge in [-0.2, -0.15) is 0 Å². The third-order valence-corrected chi connectivity index (χ3v) is 8.71. The van der Waals surface area contributed by atoms with Crippen LogP contribution in [0.2, 0.25) is 0 Å². The van der Waals surface area contributed by atoms with Gasteiger partial charge in [-0.05, 0) is 50.0 Å². The van der Waals surface area contributed by atoms with Gasteiger partial charge in [-0.1, -0.05) is 36.4 Å². The molecule has 6 N–H and O–H groups in total. The molecule has 2 saturated carbocycles. The molecule has 12 heteroatoms. The Morgan fingerprint density at radius 1 is 1.05 bits per heavy atom. The zero-order valence-corrected chi connectivity index (χ0v) is 23.1. The van der Waals surface area contributed by atoms with E-state index >= 15 is 0 Å². The molecule has 42 heavy (non-hydrogen) atoms. The number of nitrogens with two attached hydrogens (primary N) is 1. The summed E-state index contributed by atoms with van der Waals surface area (Å²) in [6.07, 6.45) is 0.142. The van der Waals surface area contributed by atoms with Crippen molar-refractivity contribution < 1.29 is 39.0 Å². The standard InChI is InChI=1S/C30H32N4O8/c1-34(2)23-17-11-16-10-15-8-9-18(32-13-19(35)33-12-14-6-4-3-5-7-14)24(36)20(15)25(37)21(16)27(39)30(17,42)28(40)22(26(23)38)29(31)41/h3-9,16-17,21-23,32,36,42H,10-13H2,1-2H3,(H2,31,41)(H,33,35)/t16?,17?,21?,22?,23-,30?/m0/s1. The summed E-state index contributed by atoms with van der Waals surface area (Å²) in [5.41, 5.74) is 3.87. The molecule has 0 aliphatic heterocycles. The van der Waals surface area contributed by atoms with Crippen molar-refractivity contribution in [3.05, 3.63) is 59.2 Å². The number of Topliss-reactive ketones (excluding diaryl/α,β-unsaturated/α-hetero) is 4. The normalized spacial score (nSPS) is 28.5. The lowest BCUT2D eigenvalue weighted by Crippen LogP contribution is -2.74. The van der Waals surface area contributed by atoms with E-state index in [2.05, 4.69) is 10.6 Å². The molecule has 2 aromatic rings. The van der Waals surface area contributed by atoms with Crippen molar-refractivity contribution in [2.24, 2.45) is 29.4 Å². The van der Waals surface area contributed by atoms with Crippen LogP contribution in [0, 0.1) is 23.7 Å². The van der Waals surface area contributed by atoms with Gasteiger partial charge in [-0.3, -0.25) is 33.7 Å². The molecule has 0 heterocycles. The van der Waals surface area contributed by atoms with E-state index < -0.39 is 70.1 Å². The molecule has 0 radical (unpaired) electrons. The summed E-state index contributed by atoms with van der Waals surface area (Å²) < 4.78 is 0. The second-order valence-electron chi connectivity index (χ2n) is 11.4. The molecule has 3 aliphatic carbocycles. The number of nitrogens with zero attached hydrogens (tertiary/aromatic N) is 1. The van der Waals surface area contributed by atoms with Crippen LogP contribution < -0.4 is 16.4 Å². The number of anilines is 1. The zero-order chi connectivity index (χ0) is 30.5. The average molecular weight is 577 g/mol. The molecule has 3 aliphatic rings. The lowest BCUT2D eigenvalue weighted by Gasteiger charge is -2.52. The van der Waals surface area contributed by atoms with Crippen LogP contribution in [0.5, 0.6) is 5.75 Å². The van der Waals surface area contributed by atoms with E-state index in [-0.39, 0.29) is 36.5 Å². The molecule has 2 fully saturated rings. The van der Waals surface area contributed by atoms with Crippen molar-refractivity contribution in [1.29, 1.82) is 0 Å². The molecule has 0 saturated heterocycles. The summed E-state index contributed by atoms with van der Waals surface area (Å²) in [5.74, 6) is -11.4. The van der Waals surface area contributed by atoms with Crippen molar-refractivity contribution in [1.82, 2.24) is 10.2 Å². The third kappa shape index (κ3) is 4.56. The highest BCUT2D eigenvalue weighted by Gasteiger charge is 2.69. The minimum Gasteiger partial charge on any atom is -0.505 e. The molecule has 220 valence electrons. The summed E-state index contributed by atoms with van der Waals surface area (Å²) in [7, 11) is 3.06. The highest BCUT2D eigenvalue weighted by Crippen LogP contribution is 2.51. The van der Waals surface area contributed by atoms with Crippen LogP contribution in [-0.2, 0) is 36.9 Å². The Morgan fingerprint density at radius 2 is 1.74 bits per heavy atom. The number of aromatic hydroxyl groups is 1. The van der Waals surface area contributed by atoms with E-state index in [1.165, 1.54) is 25.1 Å². The van der Waals surface area contributed by atoms with Crippen LogP contribution in [0.15, 0.2) is 42.5 Å². The smallest absolute Gasteiger partial charge is 0.239 e. The Morgan fingerprint density at radius 3 is 2.38 bits per heavy atom. The summed E-state index contributed by atoms with van der Waals surface area (Å²) >= 11 is 0. The Bertz CT molecular complexity index is 1510. The second-order valence-corrected chi connectivity index (χ2v) is 11.4. The average Bonchev–Trinajstić information content (AvgIpc) is 2.93. The first-order valence-corrected chi connectivity index (χ1v) is 13.6. The van der Waals surface area contributed by atoms with E-state index in [1.807, 2.05) is 30.3 Å². The summed E-state index contributed by atoms with van der Waals surface area (Å²) in [6.45, 7) is 0.101. The van der Waals surface area contributed by atoms with Crippen LogP contribution in [-0.4, -0.2) is 82.3 Å². The number of hydrogen-bond donors (Lipinski definition) is 5. The molecule has 6 atom stereocenters. The van der Waals surface area contributed by atoms with Gasteiger partial charge < -0.3 is 26.6 Å². The fourth-order valence-electron chi connectivity index (χ4n) is 6.76. The summed E-state index contributed by atoms with van der Waals surface area (Å²) in [4.78, 5) is 80.0. The van der Waals surface area contributed by atoms with Gasteiger partial charge in [0.1, 0.15) is 5.75 Å². The van der Waals surface area contributed by atoms with Gasteiger partial charge in [-0.25, -0.2) is 0 Å². The number of fused-ring (bicyclic) bond motifs is 3. The molecule has 0 bridgehead atoms. The number of aliphatic hydroxyl groups is 1. The van der Waals surface area contributed by atoms with E-state index in [4.69, 9.17) is 5.73 Å². The zero-order valence-electron chi connectivity index (χ0n) is 23.1. The van der Waals surface area contributed by atoms with E-state index in [1.54, 1.807) is 6.07 Å². The van der Waals surface area contributed by atoms with E-state index in [0.29, 0.717) is 12.1 Å². The molecular formula is C30H32N4O8. The number of carbonyl (C=O) groups excluding carboxylic acids is 6. The first-order valence-electron chi connectivity index (χ1n) is 13.6. The maximum Gasteiger partial charge on any atom is 0.239 e. The molecular weight excluding hydrogens is 544 g/mol. The fourth-order valence-corrected chi connectivity index (χ4v) is 6.76. The van der Waals surface area contributed by atoms with E-state index in [0.717, 1.165) is 5.56 Å². The molecule has 5 rings (SSSR count). The predicted octanol–water partition coefficient (Wildman–Crippen LogP) is -0.405. The number of phenolic OH excluding ortho intramolecular Hbond substituents is 1. The third-order valence-electron chi connectivity index (χ3n) is 8.71. The first kappa shape index (κ1) is 29.1. The highest BCUT2D eigenvalue weighted by molar-refractivity contribution is 6.32. The number of carbonyl (C=O) groups is 6. The maximum atomic E-state index is 13.9. The van der Waals surface area contributed by atoms with Crippen LogP contribution in [0.1, 0.15) is 27.9 Å². The van der Waals surface area contributed by atoms with Crippen molar-refractivity contribution >= 4 is 40.6 Å². The van der Waals surface area contributed by atoms with Crippen molar-refractivity contribution in [2.45, 2.75) is 31.0 Å². The van der Waals surface area contributed by atoms with Gasteiger partial charge in [0.2, 0.25) is 11.8 Å². The molecule has 5 unspecified atom stereocenters. The fraction of sp³-hybridized carbons (Fsp3) is 0.400. The number of benzene rings is 2. The summed E-state index contributed by atoms with van der Waals surface area (Å²) in [6, 6.07) is 11.3. The van der Waals surface area contributed by atoms with Gasteiger partial charge in [-0.15, -0.1) is 0 Å². The lowest BCUT2D eigenvalue weighted by atomic mass is 9.52. The van der Waals surface area contributed by atoms with E-state index in [9.17, 15) is 39.0 Å². The van der Waals surface area contributed by atoms with Crippen LogP contribution >= 0.6 is 0 Å². The first-order chi connectivity index (χ1) is 19.9. The molecule has 0 aromatic heterocycles. The number of likely N-dealkylation sites (N-methyl/N-ethyl adjacent to an activating group) is 1. The Labute approximate surface area is 241 Å². The van der Waals surface area contributed by atoms with Gasteiger partial charge in [0.05, 0.1) is 29.8 Å². The van der Waals surface area contributed by atoms with Gasteiger partial charge in [0.25, 0.3) is 0 Å². The largest absolute Gasteiger partial charge is 0.505 e. The number of rotatable bonds is 7. The molecule has 2 amide bonds. The second kappa shape index (κ2) is 10.8. The molecule has 12 nitrogen and oxygen atoms in total. The van der Waals surface area contributed by atoms with Gasteiger partial charge in [0, 0.05) is 12.5 Å².